The SMILES string of the molecule is Cn1ccc(NCCC(C)(C)C#N)n1. The van der Waals surface area contributed by atoms with E-state index in [2.05, 4.69) is 16.5 Å². The Morgan fingerprint density at radius 1 is 1.64 bits per heavy atom. The van der Waals surface area contributed by atoms with E-state index < -0.39 is 0 Å². The first-order valence-electron chi connectivity index (χ1n) is 4.68. The van der Waals surface area contributed by atoms with Crippen LogP contribution < -0.4 is 5.32 Å². The van der Waals surface area contributed by atoms with Gasteiger partial charge in [0.25, 0.3) is 0 Å². The van der Waals surface area contributed by atoms with Crippen molar-refractivity contribution in [3.05, 3.63) is 12.3 Å². The molecular weight excluding hydrogens is 176 g/mol. The smallest absolute Gasteiger partial charge is 0.147 e. The van der Waals surface area contributed by atoms with Crippen LogP contribution in [0, 0.1) is 16.7 Å². The van der Waals surface area contributed by atoms with Gasteiger partial charge in [-0.05, 0) is 20.3 Å². The lowest BCUT2D eigenvalue weighted by atomic mass is 9.92. The lowest BCUT2D eigenvalue weighted by Gasteiger charge is -2.14. The highest BCUT2D eigenvalue weighted by molar-refractivity contribution is 5.31. The lowest BCUT2D eigenvalue weighted by Crippen LogP contribution is -2.14. The maximum Gasteiger partial charge on any atom is 0.147 e. The van der Waals surface area contributed by atoms with Crippen molar-refractivity contribution < 1.29 is 0 Å². The number of nitrogens with zero attached hydrogens (tertiary/aromatic N) is 3. The average Bonchev–Trinajstić information content (AvgIpc) is 2.51. The molecule has 0 spiro atoms. The minimum absolute atomic E-state index is 0.262. The second kappa shape index (κ2) is 4.14. The van der Waals surface area contributed by atoms with Crippen LogP contribution in [-0.2, 0) is 7.05 Å². The topological polar surface area (TPSA) is 53.6 Å². The highest BCUT2D eigenvalue weighted by Crippen LogP contribution is 2.18. The molecule has 4 heteroatoms. The fourth-order valence-corrected chi connectivity index (χ4v) is 1.07. The van der Waals surface area contributed by atoms with Gasteiger partial charge in [-0.25, -0.2) is 0 Å². The number of rotatable bonds is 4. The largest absolute Gasteiger partial charge is 0.369 e. The zero-order chi connectivity index (χ0) is 10.6. The third-order valence-electron chi connectivity index (χ3n) is 2.07. The number of hydrogen-bond acceptors (Lipinski definition) is 3. The number of aromatic nitrogens is 2. The summed E-state index contributed by atoms with van der Waals surface area (Å²) in [6, 6.07) is 4.18. The van der Waals surface area contributed by atoms with Crippen LogP contribution in [0.25, 0.3) is 0 Å². The highest BCUT2D eigenvalue weighted by Gasteiger charge is 2.15. The highest BCUT2D eigenvalue weighted by atomic mass is 15.3. The fraction of sp³-hybridized carbons (Fsp3) is 0.600. The Labute approximate surface area is 84.5 Å². The molecule has 0 saturated heterocycles. The third-order valence-corrected chi connectivity index (χ3v) is 2.07. The summed E-state index contributed by atoms with van der Waals surface area (Å²) >= 11 is 0. The molecule has 0 unspecified atom stereocenters. The Hall–Kier alpha value is -1.50. The van der Waals surface area contributed by atoms with Crippen molar-refractivity contribution in [3.8, 4) is 6.07 Å². The zero-order valence-corrected chi connectivity index (χ0v) is 8.91. The Bertz CT molecular complexity index is 332. The van der Waals surface area contributed by atoms with Gasteiger partial charge in [-0.2, -0.15) is 10.4 Å². The number of anilines is 1. The van der Waals surface area contributed by atoms with Crippen molar-refractivity contribution in [1.29, 1.82) is 5.26 Å². The standard InChI is InChI=1S/C10H16N4/c1-10(2,8-11)5-6-12-9-4-7-14(3)13-9/h4,7H,5-6H2,1-3H3,(H,12,13). The average molecular weight is 192 g/mol. The molecule has 1 aromatic rings. The van der Waals surface area contributed by atoms with Gasteiger partial charge in [0.2, 0.25) is 0 Å². The summed E-state index contributed by atoms with van der Waals surface area (Å²) in [4.78, 5) is 0. The van der Waals surface area contributed by atoms with E-state index in [9.17, 15) is 0 Å². The number of hydrogen-bond donors (Lipinski definition) is 1. The Morgan fingerprint density at radius 2 is 2.36 bits per heavy atom. The van der Waals surface area contributed by atoms with E-state index in [0.29, 0.717) is 0 Å². The molecule has 76 valence electrons. The van der Waals surface area contributed by atoms with Crippen LogP contribution in [0.15, 0.2) is 12.3 Å². The molecule has 14 heavy (non-hydrogen) atoms. The molecule has 0 atom stereocenters. The second-order valence-corrected chi connectivity index (χ2v) is 4.05. The lowest BCUT2D eigenvalue weighted by molar-refractivity contribution is 0.466. The summed E-state index contributed by atoms with van der Waals surface area (Å²) in [5.74, 6) is 0.862. The van der Waals surface area contributed by atoms with Gasteiger partial charge < -0.3 is 5.32 Å². The van der Waals surface area contributed by atoms with Gasteiger partial charge in [-0.15, -0.1) is 0 Å². The van der Waals surface area contributed by atoms with Gasteiger partial charge in [0, 0.05) is 25.9 Å². The van der Waals surface area contributed by atoms with Gasteiger partial charge in [0.15, 0.2) is 0 Å². The minimum atomic E-state index is -0.262. The molecule has 1 aromatic heterocycles. The monoisotopic (exact) mass is 192 g/mol. The molecule has 1 N–H and O–H groups in total. The molecule has 0 fully saturated rings. The van der Waals surface area contributed by atoms with Gasteiger partial charge in [0.05, 0.1) is 11.5 Å². The van der Waals surface area contributed by atoms with Crippen LogP contribution in [0.5, 0.6) is 0 Å². The van der Waals surface area contributed by atoms with Crippen molar-refractivity contribution in [2.24, 2.45) is 12.5 Å². The molecule has 0 bridgehead atoms. The molecule has 0 aliphatic heterocycles. The molecule has 0 aliphatic rings. The van der Waals surface area contributed by atoms with Gasteiger partial charge in [-0.1, -0.05) is 0 Å². The molecule has 0 aliphatic carbocycles. The molecule has 1 rings (SSSR count). The molecule has 0 aromatic carbocycles. The van der Waals surface area contributed by atoms with Crippen molar-refractivity contribution in [2.75, 3.05) is 11.9 Å². The van der Waals surface area contributed by atoms with Gasteiger partial charge in [0.1, 0.15) is 5.82 Å². The van der Waals surface area contributed by atoms with E-state index >= 15 is 0 Å². The van der Waals surface area contributed by atoms with Crippen LogP contribution in [0.4, 0.5) is 5.82 Å². The first-order chi connectivity index (χ1) is 6.53. The number of aryl methyl sites for hydroxylation is 1. The van der Waals surface area contributed by atoms with Crippen molar-refractivity contribution in [2.45, 2.75) is 20.3 Å². The molecule has 0 saturated carbocycles. The Morgan fingerprint density at radius 3 is 2.86 bits per heavy atom. The normalized spacial score (nSPS) is 11.0. The molecule has 1 heterocycles. The van der Waals surface area contributed by atoms with E-state index in [-0.39, 0.29) is 5.41 Å². The third kappa shape index (κ3) is 3.09. The molecule has 4 nitrogen and oxygen atoms in total. The van der Waals surface area contributed by atoms with Gasteiger partial charge >= 0.3 is 0 Å². The summed E-state index contributed by atoms with van der Waals surface area (Å²) in [6.07, 6.45) is 2.71. The van der Waals surface area contributed by atoms with E-state index in [0.717, 1.165) is 18.8 Å². The summed E-state index contributed by atoms with van der Waals surface area (Å²) in [7, 11) is 1.88. The van der Waals surface area contributed by atoms with E-state index in [1.165, 1.54) is 0 Å². The predicted octanol–water partition coefficient (Wildman–Crippen LogP) is 1.77. The number of nitriles is 1. The molecule has 0 radical (unpaired) electrons. The van der Waals surface area contributed by atoms with Crippen LogP contribution in [0.2, 0.25) is 0 Å². The van der Waals surface area contributed by atoms with Crippen LogP contribution in [0.1, 0.15) is 20.3 Å². The molecule has 0 amide bonds. The summed E-state index contributed by atoms with van der Waals surface area (Å²) in [5, 5.41) is 16.1. The second-order valence-electron chi connectivity index (χ2n) is 4.05. The van der Waals surface area contributed by atoms with Crippen LogP contribution in [0.3, 0.4) is 0 Å². The Balaban J connectivity index is 2.33. The first kappa shape index (κ1) is 10.6. The Kier molecular flexibility index (Phi) is 3.13. The number of nitrogens with one attached hydrogen (secondary N) is 1. The van der Waals surface area contributed by atoms with Crippen LogP contribution >= 0.6 is 0 Å². The summed E-state index contributed by atoms with van der Waals surface area (Å²) in [5.41, 5.74) is -0.262. The van der Waals surface area contributed by atoms with Crippen LogP contribution in [-0.4, -0.2) is 16.3 Å². The fourth-order valence-electron chi connectivity index (χ4n) is 1.07. The van der Waals surface area contributed by atoms with E-state index in [1.54, 1.807) is 4.68 Å². The summed E-state index contributed by atoms with van der Waals surface area (Å²) < 4.78 is 1.75. The molecular formula is C10H16N4. The van der Waals surface area contributed by atoms with Crippen molar-refractivity contribution in [1.82, 2.24) is 9.78 Å². The maximum atomic E-state index is 8.80. The zero-order valence-electron chi connectivity index (χ0n) is 8.91. The maximum absolute atomic E-state index is 8.80. The van der Waals surface area contributed by atoms with E-state index in [1.807, 2.05) is 33.2 Å². The first-order valence-corrected chi connectivity index (χ1v) is 4.68. The van der Waals surface area contributed by atoms with Gasteiger partial charge in [-0.3, -0.25) is 4.68 Å². The minimum Gasteiger partial charge on any atom is -0.369 e. The predicted molar refractivity (Wildman–Crippen MR) is 55.7 cm³/mol. The van der Waals surface area contributed by atoms with Crippen molar-refractivity contribution in [3.63, 3.8) is 0 Å². The quantitative estimate of drug-likeness (QED) is 0.791. The van der Waals surface area contributed by atoms with Crippen molar-refractivity contribution >= 4 is 5.82 Å². The van der Waals surface area contributed by atoms with E-state index in [4.69, 9.17) is 5.26 Å². The summed E-state index contributed by atoms with van der Waals surface area (Å²) in [6.45, 7) is 4.65.